The van der Waals surface area contributed by atoms with Crippen LogP contribution in [0.2, 0.25) is 0 Å². The Morgan fingerprint density at radius 3 is 2.86 bits per heavy atom. The number of hydrogen-bond donors (Lipinski definition) is 3. The molecule has 2 heterocycles. The minimum atomic E-state index is -0.621. The first-order chi connectivity index (χ1) is 10.2. The van der Waals surface area contributed by atoms with Crippen molar-refractivity contribution in [2.24, 2.45) is 0 Å². The first-order valence-corrected chi connectivity index (χ1v) is 6.49. The lowest BCUT2D eigenvalue weighted by Gasteiger charge is -2.06. The lowest BCUT2D eigenvalue weighted by atomic mass is 10.1. The van der Waals surface area contributed by atoms with E-state index in [-0.39, 0.29) is 5.82 Å². The topological polar surface area (TPSA) is 104 Å². The van der Waals surface area contributed by atoms with Gasteiger partial charge in [0.25, 0.3) is 5.56 Å². The summed E-state index contributed by atoms with van der Waals surface area (Å²) >= 11 is 0. The fourth-order valence-corrected chi connectivity index (χ4v) is 2.15. The summed E-state index contributed by atoms with van der Waals surface area (Å²) in [5.41, 5.74) is 0.880. The van der Waals surface area contributed by atoms with E-state index in [2.05, 4.69) is 25.5 Å². The van der Waals surface area contributed by atoms with Crippen molar-refractivity contribution >= 4 is 16.7 Å². The van der Waals surface area contributed by atoms with Crippen LogP contribution in [0, 0.1) is 0 Å². The van der Waals surface area contributed by atoms with Crippen molar-refractivity contribution in [3.05, 3.63) is 62.9 Å². The van der Waals surface area contributed by atoms with Gasteiger partial charge in [-0.1, -0.05) is 24.3 Å². The van der Waals surface area contributed by atoms with Crippen molar-refractivity contribution in [1.29, 1.82) is 0 Å². The Morgan fingerprint density at radius 2 is 2.00 bits per heavy atom. The average Bonchev–Trinajstić information content (AvgIpc) is 2.50. The number of anilines is 1. The van der Waals surface area contributed by atoms with Gasteiger partial charge in [0.15, 0.2) is 0 Å². The van der Waals surface area contributed by atoms with Gasteiger partial charge in [-0.2, -0.15) is 0 Å². The maximum absolute atomic E-state index is 11.5. The number of rotatable bonds is 4. The summed E-state index contributed by atoms with van der Waals surface area (Å²) in [7, 11) is 0. The maximum Gasteiger partial charge on any atom is 0.342 e. The van der Waals surface area contributed by atoms with E-state index in [1.54, 1.807) is 6.20 Å². The summed E-state index contributed by atoms with van der Waals surface area (Å²) in [6.07, 6.45) is 2.45. The molecule has 7 heteroatoms. The normalized spacial score (nSPS) is 10.7. The molecule has 0 aliphatic heterocycles. The highest BCUT2D eigenvalue weighted by Crippen LogP contribution is 2.16. The van der Waals surface area contributed by atoms with E-state index in [9.17, 15) is 9.59 Å². The third kappa shape index (κ3) is 2.81. The number of para-hydroxylation sites is 1. The monoisotopic (exact) mass is 283 g/mol. The summed E-state index contributed by atoms with van der Waals surface area (Å²) in [4.78, 5) is 28.8. The number of aromatic amines is 2. The number of H-pyrrole nitrogens is 2. The van der Waals surface area contributed by atoms with Crippen LogP contribution in [0.4, 0.5) is 5.82 Å². The van der Waals surface area contributed by atoms with Crippen LogP contribution < -0.4 is 16.6 Å². The van der Waals surface area contributed by atoms with E-state index >= 15 is 0 Å². The van der Waals surface area contributed by atoms with Crippen LogP contribution >= 0.6 is 0 Å². The second-order valence-corrected chi connectivity index (χ2v) is 4.52. The quantitative estimate of drug-likeness (QED) is 0.652. The van der Waals surface area contributed by atoms with Gasteiger partial charge < -0.3 is 5.32 Å². The molecular formula is C14H13N5O2. The minimum absolute atomic E-state index is 0.0998. The first-order valence-electron chi connectivity index (χ1n) is 6.49. The molecule has 0 saturated carbocycles. The number of nitrogens with zero attached hydrogens (tertiary/aromatic N) is 2. The Morgan fingerprint density at radius 1 is 1.14 bits per heavy atom. The van der Waals surface area contributed by atoms with Gasteiger partial charge in [0.2, 0.25) is 5.82 Å². The van der Waals surface area contributed by atoms with E-state index in [4.69, 9.17) is 0 Å². The predicted octanol–water partition coefficient (Wildman–Crippen LogP) is 0.661. The van der Waals surface area contributed by atoms with Crippen molar-refractivity contribution in [3.8, 4) is 0 Å². The lowest BCUT2D eigenvalue weighted by Crippen LogP contribution is -2.27. The fraction of sp³-hybridized carbons (Fsp3) is 0.143. The highest BCUT2D eigenvalue weighted by atomic mass is 16.2. The number of pyridine rings is 1. The van der Waals surface area contributed by atoms with Crippen LogP contribution in [-0.4, -0.2) is 26.7 Å². The smallest absolute Gasteiger partial charge is 0.342 e. The first kappa shape index (κ1) is 13.0. The molecule has 7 nitrogen and oxygen atoms in total. The molecule has 0 radical (unpaired) electrons. The van der Waals surface area contributed by atoms with Crippen molar-refractivity contribution in [3.63, 3.8) is 0 Å². The van der Waals surface area contributed by atoms with E-state index in [1.807, 2.05) is 30.3 Å². The van der Waals surface area contributed by atoms with E-state index in [0.717, 1.165) is 16.5 Å². The van der Waals surface area contributed by atoms with Gasteiger partial charge in [-0.15, -0.1) is 5.10 Å². The average molecular weight is 283 g/mol. The molecule has 3 N–H and O–H groups in total. The third-order valence-corrected chi connectivity index (χ3v) is 3.11. The summed E-state index contributed by atoms with van der Waals surface area (Å²) in [5.74, 6) is 0.0998. The third-order valence-electron chi connectivity index (χ3n) is 3.11. The molecule has 3 rings (SSSR count). The molecular weight excluding hydrogens is 270 g/mol. The Bertz CT molecular complexity index is 879. The van der Waals surface area contributed by atoms with Gasteiger partial charge in [0.1, 0.15) is 0 Å². The number of fused-ring (bicyclic) bond motifs is 1. The molecule has 2 aromatic heterocycles. The van der Waals surface area contributed by atoms with Gasteiger partial charge in [0.05, 0.1) is 5.52 Å². The van der Waals surface area contributed by atoms with E-state index < -0.39 is 11.2 Å². The van der Waals surface area contributed by atoms with Gasteiger partial charge in [0, 0.05) is 18.1 Å². The SMILES string of the molecule is O=c1[nH]nc(NCCc2cccc3cccnc23)c(=O)[nH]1. The zero-order valence-corrected chi connectivity index (χ0v) is 11.1. The number of hydrogen-bond acceptors (Lipinski definition) is 5. The Kier molecular flexibility index (Phi) is 3.46. The molecule has 1 aromatic carbocycles. The van der Waals surface area contributed by atoms with E-state index in [0.29, 0.717) is 13.0 Å². The number of benzene rings is 1. The second-order valence-electron chi connectivity index (χ2n) is 4.52. The van der Waals surface area contributed by atoms with Crippen molar-refractivity contribution in [2.75, 3.05) is 11.9 Å². The lowest BCUT2D eigenvalue weighted by molar-refractivity contribution is 0.877. The molecule has 0 fully saturated rings. The maximum atomic E-state index is 11.5. The second kappa shape index (κ2) is 5.58. The molecule has 0 spiro atoms. The Hall–Kier alpha value is -2.96. The summed E-state index contributed by atoms with van der Waals surface area (Å²) in [6.45, 7) is 0.512. The molecule has 0 saturated heterocycles. The van der Waals surface area contributed by atoms with Crippen LogP contribution in [0.5, 0.6) is 0 Å². The van der Waals surface area contributed by atoms with Gasteiger partial charge in [-0.25, -0.2) is 9.89 Å². The highest BCUT2D eigenvalue weighted by Gasteiger charge is 2.04. The van der Waals surface area contributed by atoms with Gasteiger partial charge in [-0.3, -0.25) is 14.8 Å². The summed E-state index contributed by atoms with van der Waals surface area (Å²) in [5, 5.41) is 9.83. The van der Waals surface area contributed by atoms with Crippen molar-refractivity contribution in [2.45, 2.75) is 6.42 Å². The van der Waals surface area contributed by atoms with Gasteiger partial charge in [-0.05, 0) is 18.1 Å². The largest absolute Gasteiger partial charge is 0.364 e. The van der Waals surface area contributed by atoms with Crippen molar-refractivity contribution < 1.29 is 0 Å². The summed E-state index contributed by atoms with van der Waals surface area (Å²) in [6, 6.07) is 9.89. The molecule has 0 atom stereocenters. The molecule has 0 unspecified atom stereocenters. The van der Waals surface area contributed by atoms with Crippen LogP contribution in [0.1, 0.15) is 5.56 Å². The van der Waals surface area contributed by atoms with E-state index in [1.165, 1.54) is 0 Å². The number of aromatic nitrogens is 4. The van der Waals surface area contributed by atoms with Crippen LogP contribution in [0.15, 0.2) is 46.1 Å². The molecule has 0 amide bonds. The number of nitrogens with one attached hydrogen (secondary N) is 3. The van der Waals surface area contributed by atoms with Crippen LogP contribution in [-0.2, 0) is 6.42 Å². The Labute approximate surface area is 119 Å². The Balaban J connectivity index is 1.75. The van der Waals surface area contributed by atoms with Crippen molar-refractivity contribution in [1.82, 2.24) is 20.2 Å². The molecule has 21 heavy (non-hydrogen) atoms. The van der Waals surface area contributed by atoms with Gasteiger partial charge >= 0.3 is 5.69 Å². The standard InChI is InChI=1S/C14H13N5O2/c20-13-12(18-19-14(21)17-13)16-8-6-10-4-1-3-9-5-2-7-15-11(9)10/h1-5,7H,6,8H2,(H,16,18)(H2,17,19,20,21). The summed E-state index contributed by atoms with van der Waals surface area (Å²) < 4.78 is 0. The fourth-order valence-electron chi connectivity index (χ4n) is 2.15. The zero-order valence-electron chi connectivity index (χ0n) is 11.1. The zero-order chi connectivity index (χ0) is 14.7. The predicted molar refractivity (Wildman–Crippen MR) is 79.4 cm³/mol. The van der Waals surface area contributed by atoms with Crippen LogP contribution in [0.3, 0.4) is 0 Å². The molecule has 106 valence electrons. The minimum Gasteiger partial charge on any atom is -0.364 e. The molecule has 0 bridgehead atoms. The molecule has 0 aliphatic rings. The molecule has 3 aromatic rings. The molecule has 0 aliphatic carbocycles. The highest BCUT2D eigenvalue weighted by molar-refractivity contribution is 5.81. The van der Waals surface area contributed by atoms with Crippen LogP contribution in [0.25, 0.3) is 10.9 Å².